The monoisotopic (exact) mass is 2040 g/mol. The lowest BCUT2D eigenvalue weighted by Gasteiger charge is -2.39. The maximum Gasteiger partial charge on any atom is 0.573 e. The Morgan fingerprint density at radius 2 is 1.02 bits per heavy atom. The number of benzene rings is 8. The summed E-state index contributed by atoms with van der Waals surface area (Å²) in [6.45, 7) is 11.5. The molecule has 5 amide bonds. The Balaban J connectivity index is 0.000000195. The molecule has 0 bridgehead atoms. The van der Waals surface area contributed by atoms with E-state index in [-0.39, 0.29) is 97.2 Å². The van der Waals surface area contributed by atoms with E-state index in [0.717, 1.165) is 84.0 Å². The van der Waals surface area contributed by atoms with Crippen molar-refractivity contribution in [1.82, 2.24) is 44.2 Å². The Kier molecular flexibility index (Phi) is 31.3. The summed E-state index contributed by atoms with van der Waals surface area (Å²) in [5.74, 6) is 0.696. The first kappa shape index (κ1) is 99.4. The third kappa shape index (κ3) is 25.3. The van der Waals surface area contributed by atoms with Crippen LogP contribution < -0.4 is 67.2 Å². The van der Waals surface area contributed by atoms with Gasteiger partial charge in [0.2, 0.25) is 17.7 Å². The van der Waals surface area contributed by atoms with E-state index in [0.29, 0.717) is 86.8 Å². The van der Waals surface area contributed by atoms with Crippen LogP contribution in [0.1, 0.15) is 32.5 Å². The van der Waals surface area contributed by atoms with Crippen LogP contribution in [0.25, 0.3) is 10.9 Å². The van der Waals surface area contributed by atoms with Crippen molar-refractivity contribution in [2.45, 2.75) is 77.4 Å². The molecule has 0 saturated carbocycles. The number of nitrogens with zero attached hydrogens (tertiary/aromatic N) is 15. The number of sulfonamides is 4. The summed E-state index contributed by atoms with van der Waals surface area (Å²) in [6, 6.07) is 54.8. The second kappa shape index (κ2) is 43.8. The SMILES string of the molecule is CC(Oc1cccc(N(C)C)c1)C(=O)N1CCN(c2ccc(S(=O)(=O)Nc3ccncn3)cc2)CC1.COc1ccc2ccn(CC(=O)N3CCN(c4ccc(S(=O)(=O)Nc5nccs5)cc4)C(=O)C3)c2c1.Cc1ccccc1N1CCN([C@H]2CCN(c3ccc(S(=O)(=O)Nc4nccs4)cc3)C2=O)CC1.O=C1C(Oc2ccc(OC(F)(F)F)cc2)CCN1c1ccc(S(=O)(=O)Nc2nccs2)cc1.[HH].[HH].[HH].[HH].[HH]. The van der Waals surface area contributed by atoms with Gasteiger partial charge in [0, 0.05) is 200 Å². The predicted molar refractivity (Wildman–Crippen MR) is 535 cm³/mol. The number of aryl methyl sites for hydroxylation is 1. The summed E-state index contributed by atoms with van der Waals surface area (Å²) in [5.41, 5.74) is 7.10. The van der Waals surface area contributed by atoms with Gasteiger partial charge in [-0.3, -0.25) is 47.8 Å². The molecule has 5 aliphatic heterocycles. The van der Waals surface area contributed by atoms with Crippen LogP contribution in [-0.2, 0) is 70.6 Å². The van der Waals surface area contributed by atoms with Crippen molar-refractivity contribution in [2.24, 2.45) is 0 Å². The zero-order valence-corrected chi connectivity index (χ0v) is 81.2. The summed E-state index contributed by atoms with van der Waals surface area (Å²) in [5, 5.41) is 6.87. The first-order valence-electron chi connectivity index (χ1n) is 43.4. The first-order chi connectivity index (χ1) is 66.6. The number of piperazine rings is 3. The average molecular weight is 2040 g/mol. The van der Waals surface area contributed by atoms with Crippen LogP contribution in [0.2, 0.25) is 0 Å². The number of carbonyl (C=O) groups excluding carboxylic acids is 5. The van der Waals surface area contributed by atoms with Crippen molar-refractivity contribution in [3.63, 3.8) is 0 Å². The fourth-order valence-electron chi connectivity index (χ4n) is 15.9. The molecule has 8 aromatic carbocycles. The highest BCUT2D eigenvalue weighted by molar-refractivity contribution is 7.93. The zero-order valence-electron chi connectivity index (χ0n) is 75.4. The number of aromatic nitrogens is 6. The standard InChI is InChI=1S/C25H30N6O4S.C24H23N5O5S2.C24H27N5O3S2.C20H16F3N3O5S2.5H2/c1-19(35-22-6-4-5-21(17-22)29(2)3)25(32)31-15-13-30(14-16-31)20-7-9-23(10-8-20)36(33,34)28-24-11-12-26-18-27-24;1-34-19-5-2-17-8-10-27(21(17)14-19)15-22(30)28-11-12-29(23(31)16-28)18-3-6-20(7-4-18)36(32,33)26-24-25-9-13-35-24;1-18-4-2-3-5-21(18)27-13-15-28(16-14-27)22-10-12-29(23(22)30)19-6-8-20(9-7-19)34(31,32)26-24-25-11-17-33-24;21-20(22,23)31-15-5-3-14(4-6-15)30-17-9-11-26(18(17)27)13-1-7-16(8-2-13)33(28,29)25-19-24-10-12-32-19;;;;;/h4-12,17-19H,13-16H2,1-3H3,(H,26,27,28);2-10,13-14H,11-12,15-16H2,1H3,(H,25,26);2-9,11,17,22H,10,12-16H2,1H3,(H,25,26);1-8,10,12,17H,9,11H2,(H,24,25);5*1H/t;;22-;;;;;;/m..0....../s1. The molecule has 2 unspecified atom stereocenters. The number of amides is 5. The Hall–Kier alpha value is -14.0. The number of carbonyl (C=O) groups is 5. The van der Waals surface area contributed by atoms with E-state index in [1.165, 1.54) is 130 Å². The molecule has 0 aliphatic carbocycles. The number of para-hydroxylation sites is 1. The summed E-state index contributed by atoms with van der Waals surface area (Å²) >= 11 is 3.55. The van der Waals surface area contributed by atoms with Crippen LogP contribution >= 0.6 is 34.0 Å². The highest BCUT2D eigenvalue weighted by atomic mass is 32.2. The van der Waals surface area contributed by atoms with Crippen molar-refractivity contribution in [3.05, 3.63) is 259 Å². The number of anilines is 10. The van der Waals surface area contributed by atoms with Gasteiger partial charge in [-0.2, -0.15) is 0 Å². The van der Waals surface area contributed by atoms with Crippen LogP contribution in [0, 0.1) is 6.92 Å². The van der Waals surface area contributed by atoms with Crippen LogP contribution in [0.3, 0.4) is 0 Å². The van der Waals surface area contributed by atoms with Gasteiger partial charge in [0.1, 0.15) is 48.2 Å². The van der Waals surface area contributed by atoms with Gasteiger partial charge in [0.15, 0.2) is 27.6 Å². The number of hydrogen-bond donors (Lipinski definition) is 4. The molecule has 5 fully saturated rings. The average Bonchev–Trinajstić information content (AvgIpc) is 1.65. The van der Waals surface area contributed by atoms with Crippen LogP contribution in [-0.4, -0.2) is 238 Å². The van der Waals surface area contributed by atoms with Gasteiger partial charge < -0.3 is 62.7 Å². The molecule has 5 saturated heterocycles. The maximum atomic E-state index is 13.2. The van der Waals surface area contributed by atoms with Crippen molar-refractivity contribution in [2.75, 3.05) is 155 Å². The van der Waals surface area contributed by atoms with Crippen molar-refractivity contribution < 1.29 is 96.9 Å². The van der Waals surface area contributed by atoms with Crippen LogP contribution in [0.5, 0.6) is 23.0 Å². The quantitative estimate of drug-likeness (QED) is 0.0354. The zero-order chi connectivity index (χ0) is 98.3. The molecule has 4 N–H and O–H groups in total. The molecule has 10 heterocycles. The van der Waals surface area contributed by atoms with E-state index < -0.39 is 64.4 Å². The van der Waals surface area contributed by atoms with E-state index in [4.69, 9.17) is 14.2 Å². The van der Waals surface area contributed by atoms with Gasteiger partial charge >= 0.3 is 6.36 Å². The maximum absolute atomic E-state index is 13.2. The van der Waals surface area contributed by atoms with Gasteiger partial charge in [-0.15, -0.1) is 47.2 Å². The summed E-state index contributed by atoms with van der Waals surface area (Å²) < 4.78 is 169. The van der Waals surface area contributed by atoms with Crippen molar-refractivity contribution >= 4 is 170 Å². The molecular formula is C93H106F3N19O17S7. The minimum absolute atomic E-state index is 0. The molecule has 13 aromatic rings. The molecule has 46 heteroatoms. The number of methoxy groups -OCH3 is 1. The molecule has 18 rings (SSSR count). The highest BCUT2D eigenvalue weighted by Crippen LogP contribution is 2.35. The first-order valence-corrected chi connectivity index (χ1v) is 52.0. The molecule has 139 heavy (non-hydrogen) atoms. The van der Waals surface area contributed by atoms with Gasteiger partial charge in [-0.1, -0.05) is 24.3 Å². The van der Waals surface area contributed by atoms with E-state index in [1.807, 2.05) is 78.3 Å². The van der Waals surface area contributed by atoms with E-state index >= 15 is 0 Å². The number of thiazole rings is 3. The summed E-state index contributed by atoms with van der Waals surface area (Å²) in [4.78, 5) is 102. The fourth-order valence-corrected chi connectivity index (χ4v) is 22.2. The topological polar surface area (TPSA) is 405 Å². The highest BCUT2D eigenvalue weighted by Gasteiger charge is 2.40. The number of hydrogen-bond acceptors (Lipinski definition) is 29. The minimum atomic E-state index is -4.80. The van der Waals surface area contributed by atoms with E-state index in [9.17, 15) is 70.8 Å². The summed E-state index contributed by atoms with van der Waals surface area (Å²) in [7, 11) is -9.56. The third-order valence-electron chi connectivity index (χ3n) is 23.0. The number of fused-ring (bicyclic) bond motifs is 1. The molecule has 5 aromatic heterocycles. The van der Waals surface area contributed by atoms with Gasteiger partial charge in [0.25, 0.3) is 51.9 Å². The molecule has 738 valence electrons. The molecule has 5 aliphatic rings. The minimum Gasteiger partial charge on any atom is -0.497 e. The van der Waals surface area contributed by atoms with Crippen molar-refractivity contribution in [3.8, 4) is 23.0 Å². The smallest absolute Gasteiger partial charge is 0.497 e. The van der Waals surface area contributed by atoms with Gasteiger partial charge in [0.05, 0.1) is 38.3 Å². The van der Waals surface area contributed by atoms with E-state index in [1.54, 1.807) is 105 Å². The Bertz CT molecular complexity index is 6950. The normalized spacial score (nSPS) is 16.3. The van der Waals surface area contributed by atoms with Gasteiger partial charge in [-0.05, 0) is 195 Å². The fraction of sp³-hybridized carbons (Fsp3) is 0.269. The number of rotatable bonds is 28. The Morgan fingerprint density at radius 1 is 0.511 bits per heavy atom. The second-order valence-corrected chi connectivity index (χ2v) is 41.6. The van der Waals surface area contributed by atoms with Crippen LogP contribution in [0.15, 0.2) is 273 Å². The number of ether oxygens (including phenoxy) is 4. The summed E-state index contributed by atoms with van der Waals surface area (Å²) in [6.07, 6.45) is 4.04. The molecule has 0 spiro atoms. The Labute approximate surface area is 819 Å². The molecule has 0 radical (unpaired) electrons. The van der Waals surface area contributed by atoms with Crippen molar-refractivity contribution in [1.29, 1.82) is 0 Å². The number of nitrogens with one attached hydrogen (secondary N) is 4. The lowest BCUT2D eigenvalue weighted by Crippen LogP contribution is -2.53. The number of halogens is 3. The Morgan fingerprint density at radius 3 is 1.54 bits per heavy atom. The second-order valence-electron chi connectivity index (χ2n) is 32.2. The largest absolute Gasteiger partial charge is 0.573 e. The number of alkyl halides is 3. The molecule has 3 atom stereocenters. The van der Waals surface area contributed by atoms with Gasteiger partial charge in [-0.25, -0.2) is 58.6 Å². The molecule has 36 nitrogen and oxygen atoms in total. The van der Waals surface area contributed by atoms with E-state index in [2.05, 4.69) is 94.4 Å². The lowest BCUT2D eigenvalue weighted by atomic mass is 10.1. The predicted octanol–water partition coefficient (Wildman–Crippen LogP) is 13.7. The lowest BCUT2D eigenvalue weighted by molar-refractivity contribution is -0.274. The third-order valence-corrected chi connectivity index (χ3v) is 30.9. The van der Waals surface area contributed by atoms with Crippen LogP contribution in [0.4, 0.5) is 68.5 Å². The molecular weight excluding hydrogens is 1940 g/mol.